The first-order valence-electron chi connectivity index (χ1n) is 13.9. The van der Waals surface area contributed by atoms with Gasteiger partial charge in [-0.25, -0.2) is 4.39 Å². The molecule has 9 heteroatoms. The molecular weight excluding hydrogens is 589 g/mol. The first kappa shape index (κ1) is 30.8. The van der Waals surface area contributed by atoms with E-state index in [9.17, 15) is 18.8 Å². The van der Waals surface area contributed by atoms with E-state index in [-0.39, 0.29) is 22.9 Å². The van der Waals surface area contributed by atoms with Crippen molar-refractivity contribution in [2.45, 2.75) is 4.90 Å². The van der Waals surface area contributed by atoms with Crippen molar-refractivity contribution < 1.29 is 23.5 Å². The van der Waals surface area contributed by atoms with Gasteiger partial charge in [0.2, 0.25) is 5.91 Å². The van der Waals surface area contributed by atoms with E-state index in [2.05, 4.69) is 16.0 Å². The van der Waals surface area contributed by atoms with E-state index in [1.54, 1.807) is 84.9 Å². The van der Waals surface area contributed by atoms with Crippen LogP contribution in [0.1, 0.15) is 15.9 Å². The summed E-state index contributed by atoms with van der Waals surface area (Å²) < 4.78 is 20.1. The molecule has 7 nitrogen and oxygen atoms in total. The molecule has 0 aromatic heterocycles. The van der Waals surface area contributed by atoms with Crippen LogP contribution in [0.2, 0.25) is 0 Å². The summed E-state index contributed by atoms with van der Waals surface area (Å²) in [6.45, 7) is 0. The Balaban J connectivity index is 1.16. The highest BCUT2D eigenvalue weighted by atomic mass is 32.2. The van der Waals surface area contributed by atoms with Gasteiger partial charge in [0.15, 0.2) is 0 Å². The van der Waals surface area contributed by atoms with Gasteiger partial charge in [-0.2, -0.15) is 0 Å². The molecule has 3 N–H and O–H groups in total. The van der Waals surface area contributed by atoms with Gasteiger partial charge in [-0.05, 0) is 84.9 Å². The Morgan fingerprint density at radius 3 is 1.93 bits per heavy atom. The fraction of sp³-hybridized carbons (Fsp3) is 0.0278. The van der Waals surface area contributed by atoms with E-state index in [0.717, 1.165) is 10.6 Å². The first-order chi connectivity index (χ1) is 21.9. The lowest BCUT2D eigenvalue weighted by molar-refractivity contribution is -0.114. The standard InChI is InChI=1S/C36H28FN3O4S/c37-32-14-8-7-11-26(32)23-33(40-35(42)25-9-3-1-4-10-25)36(43)39-28-17-21-31(22-18-28)45-24-34(41)38-27-15-19-30(20-16-27)44-29-12-5-2-6-13-29/h1-23H,24H2,(H,38,41)(H,39,43)(H,40,42)/b33-23-. The Labute approximate surface area is 264 Å². The van der Waals surface area contributed by atoms with E-state index >= 15 is 0 Å². The van der Waals surface area contributed by atoms with E-state index < -0.39 is 17.6 Å². The van der Waals surface area contributed by atoms with Crippen LogP contribution in [-0.4, -0.2) is 23.5 Å². The van der Waals surface area contributed by atoms with Gasteiger partial charge in [-0.15, -0.1) is 11.8 Å². The number of thioether (sulfide) groups is 1. The van der Waals surface area contributed by atoms with Crippen LogP contribution < -0.4 is 20.7 Å². The van der Waals surface area contributed by atoms with Crippen LogP contribution >= 0.6 is 11.8 Å². The molecule has 0 atom stereocenters. The van der Waals surface area contributed by atoms with Crippen molar-refractivity contribution >= 4 is 46.9 Å². The Morgan fingerprint density at radius 1 is 0.667 bits per heavy atom. The average molecular weight is 618 g/mol. The van der Waals surface area contributed by atoms with Gasteiger partial charge in [0.1, 0.15) is 23.0 Å². The molecule has 0 bridgehead atoms. The van der Waals surface area contributed by atoms with E-state index in [4.69, 9.17) is 4.74 Å². The van der Waals surface area contributed by atoms with Crippen LogP contribution in [-0.2, 0) is 9.59 Å². The monoisotopic (exact) mass is 617 g/mol. The van der Waals surface area contributed by atoms with E-state index in [1.807, 2.05) is 30.3 Å². The minimum absolute atomic E-state index is 0.122. The Morgan fingerprint density at radius 2 is 1.24 bits per heavy atom. The maximum atomic E-state index is 14.4. The van der Waals surface area contributed by atoms with Crippen molar-refractivity contribution in [1.82, 2.24) is 5.32 Å². The summed E-state index contributed by atoms with van der Waals surface area (Å²) in [6.07, 6.45) is 1.29. The third-order valence-electron chi connectivity index (χ3n) is 6.33. The molecule has 0 saturated heterocycles. The molecule has 224 valence electrons. The fourth-order valence-electron chi connectivity index (χ4n) is 4.10. The summed E-state index contributed by atoms with van der Waals surface area (Å²) in [4.78, 5) is 39.3. The number of nitrogens with one attached hydrogen (secondary N) is 3. The minimum Gasteiger partial charge on any atom is -0.457 e. The molecule has 5 rings (SSSR count). The lowest BCUT2D eigenvalue weighted by atomic mass is 10.1. The maximum absolute atomic E-state index is 14.4. The number of benzene rings is 5. The number of halogens is 1. The summed E-state index contributed by atoms with van der Waals surface area (Å²) in [5, 5.41) is 8.20. The molecule has 5 aromatic rings. The highest BCUT2D eigenvalue weighted by molar-refractivity contribution is 8.00. The number of anilines is 2. The molecule has 0 aliphatic carbocycles. The molecule has 0 unspecified atom stereocenters. The third kappa shape index (κ3) is 9.16. The quantitative estimate of drug-likeness (QED) is 0.104. The Kier molecular flexibility index (Phi) is 10.4. The summed E-state index contributed by atoms with van der Waals surface area (Å²) >= 11 is 1.34. The van der Waals surface area contributed by atoms with Gasteiger partial charge in [-0.3, -0.25) is 14.4 Å². The maximum Gasteiger partial charge on any atom is 0.272 e. The van der Waals surface area contributed by atoms with Crippen molar-refractivity contribution in [3.63, 3.8) is 0 Å². The van der Waals surface area contributed by atoms with E-state index in [0.29, 0.717) is 22.7 Å². The minimum atomic E-state index is -0.623. The number of ether oxygens (including phenoxy) is 1. The summed E-state index contributed by atoms with van der Waals surface area (Å²) in [6, 6.07) is 37.8. The van der Waals surface area contributed by atoms with Crippen molar-refractivity contribution in [2.75, 3.05) is 16.4 Å². The smallest absolute Gasteiger partial charge is 0.272 e. The summed E-state index contributed by atoms with van der Waals surface area (Å²) in [5.41, 5.74) is 1.49. The zero-order valence-electron chi connectivity index (χ0n) is 23.9. The van der Waals surface area contributed by atoms with E-state index in [1.165, 1.54) is 36.0 Å². The third-order valence-corrected chi connectivity index (χ3v) is 7.34. The number of amides is 3. The normalized spacial score (nSPS) is 10.9. The van der Waals surface area contributed by atoms with Crippen LogP contribution in [0, 0.1) is 5.82 Å². The molecule has 0 heterocycles. The SMILES string of the molecule is O=C(CSc1ccc(NC(=O)/C(=C/c2ccccc2F)NC(=O)c2ccccc2)cc1)Nc1ccc(Oc2ccccc2)cc1. The highest BCUT2D eigenvalue weighted by Gasteiger charge is 2.16. The molecule has 0 saturated carbocycles. The van der Waals surface area contributed by atoms with Gasteiger partial charge in [0.25, 0.3) is 11.8 Å². The molecule has 0 spiro atoms. The Bertz CT molecular complexity index is 1800. The van der Waals surface area contributed by atoms with Crippen LogP contribution in [0.5, 0.6) is 11.5 Å². The topological polar surface area (TPSA) is 96.5 Å². The lowest BCUT2D eigenvalue weighted by Gasteiger charge is -2.12. The predicted octanol–water partition coefficient (Wildman–Crippen LogP) is 7.76. The van der Waals surface area contributed by atoms with Crippen LogP contribution in [0.25, 0.3) is 6.08 Å². The van der Waals surface area contributed by atoms with Gasteiger partial charge in [0, 0.05) is 27.4 Å². The molecular formula is C36H28FN3O4S. The zero-order chi connectivity index (χ0) is 31.4. The van der Waals surface area contributed by atoms with Crippen LogP contribution in [0.15, 0.2) is 144 Å². The zero-order valence-corrected chi connectivity index (χ0v) is 24.7. The van der Waals surface area contributed by atoms with Crippen LogP contribution in [0.3, 0.4) is 0 Å². The summed E-state index contributed by atoms with van der Waals surface area (Å²) in [7, 11) is 0. The largest absolute Gasteiger partial charge is 0.457 e. The Hall–Kier alpha value is -5.67. The summed E-state index contributed by atoms with van der Waals surface area (Å²) in [5.74, 6) is -0.269. The molecule has 0 aliphatic rings. The van der Waals surface area contributed by atoms with Gasteiger partial charge < -0.3 is 20.7 Å². The lowest BCUT2D eigenvalue weighted by Crippen LogP contribution is -2.30. The number of carbonyl (C=O) groups is 3. The average Bonchev–Trinajstić information content (AvgIpc) is 3.07. The second kappa shape index (κ2) is 15.2. The van der Waals surface area contributed by atoms with Gasteiger partial charge >= 0.3 is 0 Å². The second-order valence-electron chi connectivity index (χ2n) is 9.65. The van der Waals surface area contributed by atoms with Crippen molar-refractivity contribution in [1.29, 1.82) is 0 Å². The van der Waals surface area contributed by atoms with Crippen molar-refractivity contribution in [3.8, 4) is 11.5 Å². The molecule has 5 aromatic carbocycles. The number of hydrogen-bond donors (Lipinski definition) is 3. The fourth-order valence-corrected chi connectivity index (χ4v) is 4.80. The molecule has 3 amide bonds. The first-order valence-corrected chi connectivity index (χ1v) is 14.9. The van der Waals surface area contributed by atoms with Gasteiger partial charge in [-0.1, -0.05) is 54.6 Å². The molecule has 0 radical (unpaired) electrons. The predicted molar refractivity (Wildman–Crippen MR) is 176 cm³/mol. The molecule has 0 aliphatic heterocycles. The highest BCUT2D eigenvalue weighted by Crippen LogP contribution is 2.24. The number of para-hydroxylation sites is 1. The van der Waals surface area contributed by atoms with Crippen molar-refractivity contribution in [2.24, 2.45) is 0 Å². The number of hydrogen-bond acceptors (Lipinski definition) is 5. The molecule has 0 fully saturated rings. The number of rotatable bonds is 11. The number of carbonyl (C=O) groups excluding carboxylic acids is 3. The van der Waals surface area contributed by atoms with Crippen LogP contribution in [0.4, 0.5) is 15.8 Å². The van der Waals surface area contributed by atoms with Gasteiger partial charge in [0.05, 0.1) is 5.75 Å². The second-order valence-corrected chi connectivity index (χ2v) is 10.7. The molecule has 45 heavy (non-hydrogen) atoms. The van der Waals surface area contributed by atoms with Crippen molar-refractivity contribution in [3.05, 3.63) is 156 Å².